The van der Waals surface area contributed by atoms with E-state index in [1.165, 1.54) is 0 Å². The van der Waals surface area contributed by atoms with Crippen molar-refractivity contribution in [1.82, 2.24) is 0 Å². The molecule has 3 N–H and O–H groups in total. The minimum Gasteiger partial charge on any atom is -0.385 e. The third kappa shape index (κ3) is 7.01. The average molecular weight is 583 g/mol. The summed E-state index contributed by atoms with van der Waals surface area (Å²) in [6, 6.07) is 24.1. The molecule has 3 aliphatic rings. The number of carbonyl (C=O) groups is 2. The first-order valence-electron chi connectivity index (χ1n) is 16.3. The Morgan fingerprint density at radius 3 is 1.28 bits per heavy atom. The van der Waals surface area contributed by atoms with Crippen molar-refractivity contribution in [3.05, 3.63) is 107 Å². The molecule has 0 bridgehead atoms. The van der Waals surface area contributed by atoms with E-state index in [1.54, 1.807) is 12.1 Å². The molecular formula is C38H46O5. The van der Waals surface area contributed by atoms with Crippen LogP contribution in [-0.4, -0.2) is 32.5 Å². The molecule has 0 heterocycles. The van der Waals surface area contributed by atoms with Crippen LogP contribution in [-0.2, 0) is 11.2 Å². The van der Waals surface area contributed by atoms with Gasteiger partial charge in [0.1, 0.15) is 5.60 Å². The standard InChI is InChI=1S/C25H30O3.C13H16O2/c26-23(19-11-3-5-13-21(19)24(27)15-7-1-8-16-24)20-12-4-6-14-22(20)25(28)17-9-2-10-18-25;14-12(11-7-3-1-4-8-11)13(15)9-5-2-6-10-13/h3-6,11-14,27-28H,1-2,7-10,15-18H2;1,3-4,7-8,15H,2,5-6,9-10H2. The lowest BCUT2D eigenvalue weighted by molar-refractivity contribution is -0.00188. The topological polar surface area (TPSA) is 94.8 Å². The first-order valence-corrected chi connectivity index (χ1v) is 16.3. The van der Waals surface area contributed by atoms with Gasteiger partial charge in [-0.1, -0.05) is 137 Å². The van der Waals surface area contributed by atoms with Crippen molar-refractivity contribution >= 4 is 11.6 Å². The van der Waals surface area contributed by atoms with Gasteiger partial charge in [-0.3, -0.25) is 9.59 Å². The second-order valence-corrected chi connectivity index (χ2v) is 12.9. The molecule has 0 amide bonds. The molecule has 3 aromatic carbocycles. The fraction of sp³-hybridized carbons (Fsp3) is 0.474. The predicted molar refractivity (Wildman–Crippen MR) is 169 cm³/mol. The van der Waals surface area contributed by atoms with Crippen LogP contribution >= 0.6 is 0 Å². The van der Waals surface area contributed by atoms with Crippen LogP contribution in [0.2, 0.25) is 0 Å². The highest BCUT2D eigenvalue weighted by molar-refractivity contribution is 6.11. The number of hydrogen-bond acceptors (Lipinski definition) is 5. The summed E-state index contributed by atoms with van der Waals surface area (Å²) in [5, 5.41) is 32.8. The maximum absolute atomic E-state index is 13.6. The molecule has 0 atom stereocenters. The van der Waals surface area contributed by atoms with Crippen LogP contribution in [0.1, 0.15) is 134 Å². The second kappa shape index (κ2) is 13.7. The van der Waals surface area contributed by atoms with Crippen LogP contribution in [0.3, 0.4) is 0 Å². The minimum absolute atomic E-state index is 0.0933. The molecule has 43 heavy (non-hydrogen) atoms. The SMILES string of the molecule is O=C(c1ccccc1)C1(O)CCCCC1.O=C(c1ccccc1C1(O)CCCCC1)c1ccccc1C1(O)CCCCC1. The van der Waals surface area contributed by atoms with Crippen LogP contribution in [0, 0.1) is 0 Å². The fourth-order valence-electron chi connectivity index (χ4n) is 7.35. The van der Waals surface area contributed by atoms with Gasteiger partial charge in [-0.2, -0.15) is 0 Å². The van der Waals surface area contributed by atoms with Crippen LogP contribution in [0.15, 0.2) is 78.9 Å². The summed E-state index contributed by atoms with van der Waals surface area (Å²) in [4.78, 5) is 25.7. The van der Waals surface area contributed by atoms with E-state index in [1.807, 2.05) is 66.7 Å². The van der Waals surface area contributed by atoms with Crippen molar-refractivity contribution in [2.75, 3.05) is 0 Å². The van der Waals surface area contributed by atoms with Crippen LogP contribution < -0.4 is 0 Å². The Labute approximate surface area is 256 Å². The van der Waals surface area contributed by atoms with Gasteiger partial charge in [0.25, 0.3) is 0 Å². The van der Waals surface area contributed by atoms with Gasteiger partial charge < -0.3 is 15.3 Å². The summed E-state index contributed by atoms with van der Waals surface area (Å²) in [6.07, 6.45) is 13.2. The fourth-order valence-corrected chi connectivity index (χ4v) is 7.35. The minimum atomic E-state index is -1.10. The summed E-state index contributed by atoms with van der Waals surface area (Å²) in [5.41, 5.74) is 0.289. The summed E-state index contributed by atoms with van der Waals surface area (Å²) in [7, 11) is 0. The van der Waals surface area contributed by atoms with Gasteiger partial charge in [0, 0.05) is 16.7 Å². The summed E-state index contributed by atoms with van der Waals surface area (Å²) < 4.78 is 0. The quantitative estimate of drug-likeness (QED) is 0.258. The lowest BCUT2D eigenvalue weighted by Gasteiger charge is -2.35. The van der Waals surface area contributed by atoms with E-state index in [0.29, 0.717) is 55.2 Å². The molecule has 0 unspecified atom stereocenters. The zero-order chi connectivity index (χ0) is 30.3. The predicted octanol–water partition coefficient (Wildman–Crippen LogP) is 7.79. The van der Waals surface area contributed by atoms with Crippen LogP contribution in [0.25, 0.3) is 0 Å². The zero-order valence-electron chi connectivity index (χ0n) is 25.3. The molecule has 0 radical (unpaired) electrons. The zero-order valence-corrected chi connectivity index (χ0v) is 25.3. The van der Waals surface area contributed by atoms with Crippen molar-refractivity contribution in [3.8, 4) is 0 Å². The molecule has 0 saturated heterocycles. The molecule has 0 aromatic heterocycles. The number of hydrogen-bond donors (Lipinski definition) is 3. The van der Waals surface area contributed by atoms with E-state index in [0.717, 1.165) is 68.9 Å². The highest BCUT2D eigenvalue weighted by Gasteiger charge is 2.38. The number of aliphatic hydroxyl groups is 3. The number of Topliss-reactive ketones (excluding diaryl/α,β-unsaturated/α-hetero) is 1. The normalized spacial score (nSPS) is 20.7. The van der Waals surface area contributed by atoms with Gasteiger partial charge in [0.2, 0.25) is 0 Å². The van der Waals surface area contributed by atoms with E-state index in [2.05, 4.69) is 0 Å². The van der Waals surface area contributed by atoms with E-state index >= 15 is 0 Å². The van der Waals surface area contributed by atoms with E-state index in [4.69, 9.17) is 0 Å². The molecule has 228 valence electrons. The summed E-state index contributed by atoms with van der Waals surface area (Å²) in [5.74, 6) is -0.202. The third-order valence-corrected chi connectivity index (χ3v) is 9.85. The molecule has 5 heteroatoms. The number of benzene rings is 3. The Morgan fingerprint density at radius 1 is 0.465 bits per heavy atom. The number of ketones is 2. The molecule has 3 aliphatic carbocycles. The Kier molecular flexibility index (Phi) is 9.95. The van der Waals surface area contributed by atoms with E-state index < -0.39 is 16.8 Å². The van der Waals surface area contributed by atoms with Crippen molar-refractivity contribution in [2.45, 2.75) is 113 Å². The molecule has 3 saturated carbocycles. The van der Waals surface area contributed by atoms with Gasteiger partial charge in [-0.25, -0.2) is 0 Å². The number of rotatable bonds is 6. The molecule has 3 aromatic rings. The van der Waals surface area contributed by atoms with Crippen molar-refractivity contribution in [3.63, 3.8) is 0 Å². The molecule has 5 nitrogen and oxygen atoms in total. The van der Waals surface area contributed by atoms with Gasteiger partial charge in [0.15, 0.2) is 11.6 Å². The van der Waals surface area contributed by atoms with Crippen molar-refractivity contribution < 1.29 is 24.9 Å². The van der Waals surface area contributed by atoms with E-state index in [-0.39, 0.29) is 11.6 Å². The summed E-state index contributed by atoms with van der Waals surface area (Å²) in [6.45, 7) is 0. The first kappa shape index (κ1) is 31.3. The maximum atomic E-state index is 13.6. The third-order valence-electron chi connectivity index (χ3n) is 9.85. The van der Waals surface area contributed by atoms with E-state index in [9.17, 15) is 24.9 Å². The monoisotopic (exact) mass is 582 g/mol. The van der Waals surface area contributed by atoms with Crippen molar-refractivity contribution in [1.29, 1.82) is 0 Å². The van der Waals surface area contributed by atoms with Crippen LogP contribution in [0.5, 0.6) is 0 Å². The Morgan fingerprint density at radius 2 is 0.837 bits per heavy atom. The lowest BCUT2D eigenvalue weighted by Crippen LogP contribution is -2.40. The summed E-state index contributed by atoms with van der Waals surface area (Å²) >= 11 is 0. The van der Waals surface area contributed by atoms with Crippen molar-refractivity contribution in [2.24, 2.45) is 0 Å². The lowest BCUT2D eigenvalue weighted by atomic mass is 9.74. The van der Waals surface area contributed by atoms with Crippen LogP contribution in [0.4, 0.5) is 0 Å². The highest BCUT2D eigenvalue weighted by Crippen LogP contribution is 2.42. The van der Waals surface area contributed by atoms with Gasteiger partial charge in [0.05, 0.1) is 11.2 Å². The highest BCUT2D eigenvalue weighted by atomic mass is 16.3. The van der Waals surface area contributed by atoms with Gasteiger partial charge in [-0.05, 0) is 49.7 Å². The first-order chi connectivity index (χ1) is 20.8. The van der Waals surface area contributed by atoms with Gasteiger partial charge >= 0.3 is 0 Å². The average Bonchev–Trinajstić information content (AvgIpc) is 3.06. The van der Waals surface area contributed by atoms with Gasteiger partial charge in [-0.15, -0.1) is 0 Å². The Hall–Kier alpha value is -3.12. The molecule has 0 spiro atoms. The molecule has 6 rings (SSSR count). The largest absolute Gasteiger partial charge is 0.385 e. The Balaban J connectivity index is 0.000000207. The molecule has 0 aliphatic heterocycles. The Bertz CT molecular complexity index is 1310. The smallest absolute Gasteiger partial charge is 0.194 e. The maximum Gasteiger partial charge on any atom is 0.194 e. The molecule has 3 fully saturated rings. The number of carbonyl (C=O) groups excluding carboxylic acids is 2. The molecular weight excluding hydrogens is 536 g/mol. The second-order valence-electron chi connectivity index (χ2n) is 12.9.